The van der Waals surface area contributed by atoms with E-state index in [0.29, 0.717) is 18.8 Å². The Hall–Kier alpha value is -1.55. The molecule has 0 saturated carbocycles. The van der Waals surface area contributed by atoms with Crippen molar-refractivity contribution in [3.05, 3.63) is 29.8 Å². The number of carbonyl (C=O) groups excluding carboxylic acids is 1. The molecule has 0 spiro atoms. The minimum Gasteiger partial charge on any atom is -0.491 e. The van der Waals surface area contributed by atoms with Crippen molar-refractivity contribution in [3.8, 4) is 5.75 Å². The zero-order valence-electron chi connectivity index (χ0n) is 9.90. The van der Waals surface area contributed by atoms with Crippen LogP contribution in [0.2, 0.25) is 0 Å². The molecule has 0 saturated heterocycles. The molecule has 88 valence electrons. The molecular weight excluding hydrogens is 206 g/mol. The summed E-state index contributed by atoms with van der Waals surface area (Å²) in [6.45, 7) is 1.07. The molecular formula is C12H17NO3. The number of rotatable bonds is 5. The van der Waals surface area contributed by atoms with Crippen molar-refractivity contribution in [2.24, 2.45) is 0 Å². The number of methoxy groups -OCH3 is 1. The van der Waals surface area contributed by atoms with Gasteiger partial charge in [-0.3, -0.25) is 4.79 Å². The van der Waals surface area contributed by atoms with E-state index in [1.165, 1.54) is 0 Å². The Labute approximate surface area is 95.8 Å². The fourth-order valence-electron chi connectivity index (χ4n) is 1.19. The van der Waals surface area contributed by atoms with Crippen molar-refractivity contribution >= 4 is 5.91 Å². The van der Waals surface area contributed by atoms with Gasteiger partial charge in [0.1, 0.15) is 12.4 Å². The molecule has 0 aliphatic carbocycles. The van der Waals surface area contributed by atoms with E-state index in [1.807, 2.05) is 0 Å². The number of nitrogens with zero attached hydrogens (tertiary/aromatic N) is 1. The molecule has 0 radical (unpaired) electrons. The number of amides is 1. The van der Waals surface area contributed by atoms with Gasteiger partial charge in [-0.05, 0) is 24.3 Å². The number of hydrogen-bond acceptors (Lipinski definition) is 3. The van der Waals surface area contributed by atoms with Gasteiger partial charge in [-0.25, -0.2) is 0 Å². The highest BCUT2D eigenvalue weighted by molar-refractivity contribution is 5.93. The van der Waals surface area contributed by atoms with Gasteiger partial charge in [0.25, 0.3) is 5.91 Å². The van der Waals surface area contributed by atoms with Crippen LogP contribution < -0.4 is 4.74 Å². The zero-order chi connectivity index (χ0) is 12.0. The van der Waals surface area contributed by atoms with E-state index in [9.17, 15) is 4.79 Å². The van der Waals surface area contributed by atoms with Crippen LogP contribution in [-0.2, 0) is 4.74 Å². The van der Waals surface area contributed by atoms with E-state index in [0.717, 1.165) is 5.75 Å². The van der Waals surface area contributed by atoms with Gasteiger partial charge >= 0.3 is 0 Å². The van der Waals surface area contributed by atoms with E-state index in [-0.39, 0.29) is 5.91 Å². The van der Waals surface area contributed by atoms with Crippen LogP contribution in [-0.4, -0.2) is 45.2 Å². The van der Waals surface area contributed by atoms with Gasteiger partial charge in [0.05, 0.1) is 6.61 Å². The summed E-state index contributed by atoms with van der Waals surface area (Å²) in [6.07, 6.45) is 0. The van der Waals surface area contributed by atoms with Crippen molar-refractivity contribution in [3.63, 3.8) is 0 Å². The fourth-order valence-corrected chi connectivity index (χ4v) is 1.19. The Morgan fingerprint density at radius 1 is 1.19 bits per heavy atom. The lowest BCUT2D eigenvalue weighted by Crippen LogP contribution is -2.21. The van der Waals surface area contributed by atoms with Crippen molar-refractivity contribution in [1.29, 1.82) is 0 Å². The monoisotopic (exact) mass is 223 g/mol. The second-order valence-corrected chi connectivity index (χ2v) is 3.57. The Kier molecular flexibility index (Phi) is 4.79. The number of hydrogen-bond donors (Lipinski definition) is 0. The minimum atomic E-state index is -0.0107. The number of ether oxygens (including phenoxy) is 2. The summed E-state index contributed by atoms with van der Waals surface area (Å²) in [5.41, 5.74) is 0.657. The topological polar surface area (TPSA) is 38.8 Å². The third-order valence-electron chi connectivity index (χ3n) is 2.06. The first-order valence-corrected chi connectivity index (χ1v) is 5.08. The lowest BCUT2D eigenvalue weighted by Gasteiger charge is -2.10. The molecule has 1 rings (SSSR count). The molecule has 0 heterocycles. The van der Waals surface area contributed by atoms with E-state index in [2.05, 4.69) is 0 Å². The van der Waals surface area contributed by atoms with Crippen LogP contribution in [0.4, 0.5) is 0 Å². The summed E-state index contributed by atoms with van der Waals surface area (Å²) in [6, 6.07) is 7.08. The van der Waals surface area contributed by atoms with Crippen LogP contribution in [0.15, 0.2) is 24.3 Å². The zero-order valence-corrected chi connectivity index (χ0v) is 9.90. The average molecular weight is 223 g/mol. The lowest BCUT2D eigenvalue weighted by molar-refractivity contribution is 0.0827. The van der Waals surface area contributed by atoms with Gasteiger partial charge in [0.2, 0.25) is 0 Å². The SMILES string of the molecule is COCCOc1ccc(C(=O)N(C)C)cc1. The molecule has 0 N–H and O–H groups in total. The van der Waals surface area contributed by atoms with E-state index >= 15 is 0 Å². The van der Waals surface area contributed by atoms with Gasteiger partial charge in [-0.15, -0.1) is 0 Å². The summed E-state index contributed by atoms with van der Waals surface area (Å²) in [5, 5.41) is 0. The first kappa shape index (κ1) is 12.5. The smallest absolute Gasteiger partial charge is 0.253 e. The maximum absolute atomic E-state index is 11.6. The summed E-state index contributed by atoms with van der Waals surface area (Å²) >= 11 is 0. The van der Waals surface area contributed by atoms with Crippen LogP contribution in [0.3, 0.4) is 0 Å². The molecule has 0 atom stereocenters. The maximum Gasteiger partial charge on any atom is 0.253 e. The third kappa shape index (κ3) is 3.55. The second kappa shape index (κ2) is 6.12. The van der Waals surface area contributed by atoms with Gasteiger partial charge in [0, 0.05) is 26.8 Å². The number of carbonyl (C=O) groups is 1. The minimum absolute atomic E-state index is 0.0107. The summed E-state index contributed by atoms with van der Waals surface area (Å²) in [7, 11) is 5.08. The molecule has 0 aliphatic rings. The molecule has 0 aromatic heterocycles. The molecule has 4 nitrogen and oxygen atoms in total. The fraction of sp³-hybridized carbons (Fsp3) is 0.417. The number of benzene rings is 1. The lowest BCUT2D eigenvalue weighted by atomic mass is 10.2. The van der Waals surface area contributed by atoms with Crippen LogP contribution >= 0.6 is 0 Å². The van der Waals surface area contributed by atoms with Crippen LogP contribution in [0.1, 0.15) is 10.4 Å². The van der Waals surface area contributed by atoms with Gasteiger partial charge < -0.3 is 14.4 Å². The van der Waals surface area contributed by atoms with Gasteiger partial charge in [-0.2, -0.15) is 0 Å². The molecule has 1 aromatic carbocycles. The molecule has 0 unspecified atom stereocenters. The van der Waals surface area contributed by atoms with Crippen molar-refractivity contribution in [2.45, 2.75) is 0 Å². The highest BCUT2D eigenvalue weighted by Gasteiger charge is 2.06. The molecule has 0 bridgehead atoms. The van der Waals surface area contributed by atoms with Gasteiger partial charge in [0.15, 0.2) is 0 Å². The molecule has 1 aromatic rings. The highest BCUT2D eigenvalue weighted by atomic mass is 16.5. The normalized spacial score (nSPS) is 9.94. The predicted molar refractivity (Wildman–Crippen MR) is 61.8 cm³/mol. The Morgan fingerprint density at radius 2 is 1.81 bits per heavy atom. The quantitative estimate of drug-likeness (QED) is 0.708. The standard InChI is InChI=1S/C12H17NO3/c1-13(2)12(14)10-4-6-11(7-5-10)16-9-8-15-3/h4-7H,8-9H2,1-3H3. The van der Waals surface area contributed by atoms with Crippen LogP contribution in [0.5, 0.6) is 5.75 Å². The summed E-state index contributed by atoms with van der Waals surface area (Å²) in [4.78, 5) is 13.1. The Bertz CT molecular complexity index is 333. The highest BCUT2D eigenvalue weighted by Crippen LogP contribution is 2.12. The van der Waals surface area contributed by atoms with Gasteiger partial charge in [-0.1, -0.05) is 0 Å². The van der Waals surface area contributed by atoms with Crippen molar-refractivity contribution in [2.75, 3.05) is 34.4 Å². The Balaban J connectivity index is 2.57. The molecule has 0 aliphatic heterocycles. The first-order valence-electron chi connectivity index (χ1n) is 5.08. The summed E-state index contributed by atoms with van der Waals surface area (Å²) in [5.74, 6) is 0.732. The molecule has 4 heteroatoms. The third-order valence-corrected chi connectivity index (χ3v) is 2.06. The maximum atomic E-state index is 11.6. The largest absolute Gasteiger partial charge is 0.491 e. The molecule has 1 amide bonds. The predicted octanol–water partition coefficient (Wildman–Crippen LogP) is 1.41. The van der Waals surface area contributed by atoms with Crippen molar-refractivity contribution in [1.82, 2.24) is 4.90 Å². The first-order chi connectivity index (χ1) is 7.65. The van der Waals surface area contributed by atoms with E-state index < -0.39 is 0 Å². The Morgan fingerprint density at radius 3 is 2.31 bits per heavy atom. The van der Waals surface area contributed by atoms with E-state index in [4.69, 9.17) is 9.47 Å². The van der Waals surface area contributed by atoms with E-state index in [1.54, 1.807) is 50.4 Å². The van der Waals surface area contributed by atoms with Crippen LogP contribution in [0, 0.1) is 0 Å². The van der Waals surface area contributed by atoms with Crippen molar-refractivity contribution < 1.29 is 14.3 Å². The molecule has 0 fully saturated rings. The van der Waals surface area contributed by atoms with Crippen LogP contribution in [0.25, 0.3) is 0 Å². The average Bonchev–Trinajstić information content (AvgIpc) is 2.29. The molecule has 16 heavy (non-hydrogen) atoms. The summed E-state index contributed by atoms with van der Waals surface area (Å²) < 4.78 is 10.3. The second-order valence-electron chi connectivity index (χ2n) is 3.57.